The van der Waals surface area contributed by atoms with Crippen LogP contribution in [0.2, 0.25) is 5.02 Å². The molecule has 1 aromatic rings. The van der Waals surface area contributed by atoms with Crippen LogP contribution >= 0.6 is 11.6 Å². The number of hydrogen-bond acceptors (Lipinski definition) is 2. The summed E-state index contributed by atoms with van der Waals surface area (Å²) in [5.41, 5.74) is 0.885. The first kappa shape index (κ1) is 13.6. The Hall–Kier alpha value is -1.86. The first-order chi connectivity index (χ1) is 9.13. The number of carboxylic acid groups (broad SMARTS) is 1. The van der Waals surface area contributed by atoms with Crippen LogP contribution in [0, 0.1) is 12.3 Å². The van der Waals surface area contributed by atoms with Gasteiger partial charge in [-0.25, -0.2) is 4.79 Å². The molecule has 4 nitrogen and oxygen atoms in total. The Balaban J connectivity index is 2.25. The van der Waals surface area contributed by atoms with Crippen LogP contribution in [0.3, 0.4) is 0 Å². The van der Waals surface area contributed by atoms with Gasteiger partial charge in [-0.2, -0.15) is 0 Å². The van der Waals surface area contributed by atoms with Crippen LogP contribution in [0.1, 0.15) is 24.4 Å². The number of benzene rings is 1. The van der Waals surface area contributed by atoms with E-state index < -0.39 is 6.09 Å². The van der Waals surface area contributed by atoms with E-state index in [2.05, 4.69) is 5.92 Å². The molecule has 1 fully saturated rings. The summed E-state index contributed by atoms with van der Waals surface area (Å²) in [6.45, 7) is 0.694. The van der Waals surface area contributed by atoms with E-state index in [1.165, 1.54) is 4.90 Å². The van der Waals surface area contributed by atoms with Gasteiger partial charge in [-0.15, -0.1) is 6.42 Å². The molecule has 1 aliphatic heterocycles. The molecule has 0 bridgehead atoms. The number of amides is 1. The van der Waals surface area contributed by atoms with Gasteiger partial charge in [0.05, 0.1) is 11.1 Å². The van der Waals surface area contributed by atoms with Gasteiger partial charge in [-0.3, -0.25) is 0 Å². The molecule has 1 aromatic carbocycles. The summed E-state index contributed by atoms with van der Waals surface area (Å²) < 4.78 is 5.35. The summed E-state index contributed by atoms with van der Waals surface area (Å²) >= 11 is 6.01. The van der Waals surface area contributed by atoms with E-state index >= 15 is 0 Å². The van der Waals surface area contributed by atoms with E-state index in [4.69, 9.17) is 27.9 Å². The highest BCUT2D eigenvalue weighted by atomic mass is 35.5. The SMILES string of the molecule is C#CCOc1cc(C2CCCN2C(=O)O)ccc1Cl. The average Bonchev–Trinajstić information content (AvgIpc) is 2.87. The second-order valence-corrected chi connectivity index (χ2v) is 4.72. The molecule has 0 radical (unpaired) electrons. The Bertz CT molecular complexity index is 524. The highest BCUT2D eigenvalue weighted by molar-refractivity contribution is 6.32. The predicted octanol–water partition coefficient (Wildman–Crippen LogP) is 3.17. The van der Waals surface area contributed by atoms with Gasteiger partial charge >= 0.3 is 6.09 Å². The minimum Gasteiger partial charge on any atom is -0.479 e. The smallest absolute Gasteiger partial charge is 0.407 e. The van der Waals surface area contributed by atoms with E-state index in [1.807, 2.05) is 6.07 Å². The summed E-state index contributed by atoms with van der Waals surface area (Å²) in [5.74, 6) is 2.87. The monoisotopic (exact) mass is 279 g/mol. The molecule has 1 amide bonds. The van der Waals surface area contributed by atoms with Crippen molar-refractivity contribution in [3.63, 3.8) is 0 Å². The third-order valence-electron chi connectivity index (χ3n) is 3.15. The maximum Gasteiger partial charge on any atom is 0.407 e. The number of likely N-dealkylation sites (tertiary alicyclic amines) is 1. The molecule has 1 N–H and O–H groups in total. The van der Waals surface area contributed by atoms with Crippen LogP contribution in [0.25, 0.3) is 0 Å². The summed E-state index contributed by atoms with van der Waals surface area (Å²) in [4.78, 5) is 12.6. The van der Waals surface area contributed by atoms with Crippen molar-refractivity contribution in [2.24, 2.45) is 0 Å². The zero-order chi connectivity index (χ0) is 13.8. The van der Waals surface area contributed by atoms with Crippen LogP contribution in [0.15, 0.2) is 18.2 Å². The number of hydrogen-bond donors (Lipinski definition) is 1. The Kier molecular flexibility index (Phi) is 4.18. The molecule has 1 unspecified atom stereocenters. The van der Waals surface area contributed by atoms with Gasteiger partial charge in [0.25, 0.3) is 0 Å². The number of ether oxygens (including phenoxy) is 1. The molecule has 100 valence electrons. The predicted molar refractivity (Wildman–Crippen MR) is 72.5 cm³/mol. The molecule has 0 saturated carbocycles. The molecular weight excluding hydrogens is 266 g/mol. The van der Waals surface area contributed by atoms with Crippen LogP contribution in [-0.2, 0) is 0 Å². The topological polar surface area (TPSA) is 49.8 Å². The van der Waals surface area contributed by atoms with E-state index in [1.54, 1.807) is 12.1 Å². The van der Waals surface area contributed by atoms with Crippen molar-refractivity contribution >= 4 is 17.7 Å². The normalized spacial score (nSPS) is 18.1. The second-order valence-electron chi connectivity index (χ2n) is 4.32. The molecule has 0 aromatic heterocycles. The summed E-state index contributed by atoms with van der Waals surface area (Å²) in [6.07, 6.45) is 5.91. The van der Waals surface area contributed by atoms with Gasteiger partial charge in [0.15, 0.2) is 0 Å². The fraction of sp³-hybridized carbons (Fsp3) is 0.357. The average molecular weight is 280 g/mol. The van der Waals surface area contributed by atoms with Crippen LogP contribution in [0.4, 0.5) is 4.79 Å². The maximum absolute atomic E-state index is 11.2. The highest BCUT2D eigenvalue weighted by Crippen LogP contribution is 2.35. The minimum atomic E-state index is -0.899. The molecule has 2 rings (SSSR count). The fourth-order valence-electron chi connectivity index (χ4n) is 2.30. The molecule has 1 atom stereocenters. The lowest BCUT2D eigenvalue weighted by Crippen LogP contribution is -2.28. The van der Waals surface area contributed by atoms with Gasteiger partial charge in [-0.1, -0.05) is 23.6 Å². The lowest BCUT2D eigenvalue weighted by atomic mass is 10.0. The van der Waals surface area contributed by atoms with Gasteiger partial charge in [0, 0.05) is 6.54 Å². The van der Waals surface area contributed by atoms with Gasteiger partial charge in [0.1, 0.15) is 12.4 Å². The summed E-state index contributed by atoms with van der Waals surface area (Å²) in [6, 6.07) is 5.17. The Morgan fingerprint density at radius 3 is 3.11 bits per heavy atom. The summed E-state index contributed by atoms with van der Waals surface area (Å²) in [5, 5.41) is 9.62. The zero-order valence-electron chi connectivity index (χ0n) is 10.3. The van der Waals surface area contributed by atoms with Crippen molar-refractivity contribution in [3.05, 3.63) is 28.8 Å². The standard InChI is InChI=1S/C14H14ClNO3/c1-2-8-19-13-9-10(5-6-11(13)15)12-4-3-7-16(12)14(17)18/h1,5-6,9,12H,3-4,7-8H2,(H,17,18). The molecular formula is C14H14ClNO3. The van der Waals surface area contributed by atoms with Crippen LogP contribution < -0.4 is 4.74 Å². The van der Waals surface area contributed by atoms with Gasteiger partial charge in [-0.05, 0) is 30.5 Å². The quantitative estimate of drug-likeness (QED) is 0.865. The van der Waals surface area contributed by atoms with Crippen LogP contribution in [0.5, 0.6) is 5.75 Å². The number of nitrogens with zero attached hydrogens (tertiary/aromatic N) is 1. The first-order valence-electron chi connectivity index (χ1n) is 5.98. The van der Waals surface area contributed by atoms with Gasteiger partial charge < -0.3 is 14.7 Å². The van der Waals surface area contributed by atoms with Gasteiger partial charge in [0.2, 0.25) is 0 Å². The van der Waals surface area contributed by atoms with Crippen molar-refractivity contribution in [2.75, 3.05) is 13.2 Å². The summed E-state index contributed by atoms with van der Waals surface area (Å²) in [7, 11) is 0. The Morgan fingerprint density at radius 1 is 1.63 bits per heavy atom. The number of halogens is 1. The van der Waals surface area contributed by atoms with E-state index in [0.29, 0.717) is 17.3 Å². The van der Waals surface area contributed by atoms with Crippen molar-refractivity contribution in [2.45, 2.75) is 18.9 Å². The molecule has 1 heterocycles. The molecule has 19 heavy (non-hydrogen) atoms. The fourth-order valence-corrected chi connectivity index (χ4v) is 2.47. The second kappa shape index (κ2) is 5.85. The number of carbonyl (C=O) groups is 1. The number of terminal acetylenes is 1. The van der Waals surface area contributed by atoms with E-state index in [-0.39, 0.29) is 12.6 Å². The molecule has 1 aliphatic rings. The molecule has 5 heteroatoms. The molecule has 0 spiro atoms. The highest BCUT2D eigenvalue weighted by Gasteiger charge is 2.30. The third-order valence-corrected chi connectivity index (χ3v) is 3.46. The molecule has 1 saturated heterocycles. The lowest BCUT2D eigenvalue weighted by Gasteiger charge is -2.22. The zero-order valence-corrected chi connectivity index (χ0v) is 11.1. The minimum absolute atomic E-state index is 0.135. The Labute approximate surface area is 116 Å². The first-order valence-corrected chi connectivity index (χ1v) is 6.36. The molecule has 0 aliphatic carbocycles. The lowest BCUT2D eigenvalue weighted by molar-refractivity contribution is 0.140. The third kappa shape index (κ3) is 2.94. The maximum atomic E-state index is 11.2. The largest absolute Gasteiger partial charge is 0.479 e. The van der Waals surface area contributed by atoms with E-state index in [9.17, 15) is 4.79 Å². The van der Waals surface area contributed by atoms with Crippen molar-refractivity contribution in [3.8, 4) is 18.1 Å². The van der Waals surface area contributed by atoms with Crippen molar-refractivity contribution < 1.29 is 14.6 Å². The van der Waals surface area contributed by atoms with Crippen molar-refractivity contribution in [1.29, 1.82) is 0 Å². The Morgan fingerprint density at radius 2 is 2.42 bits per heavy atom. The van der Waals surface area contributed by atoms with Crippen molar-refractivity contribution in [1.82, 2.24) is 4.90 Å². The number of rotatable bonds is 3. The van der Waals surface area contributed by atoms with Crippen LogP contribution in [-0.4, -0.2) is 29.3 Å². The van der Waals surface area contributed by atoms with E-state index in [0.717, 1.165) is 18.4 Å².